The van der Waals surface area contributed by atoms with E-state index in [0.717, 1.165) is 6.54 Å². The molecular formula is C13H20BrNS. The van der Waals surface area contributed by atoms with Gasteiger partial charge in [-0.3, -0.25) is 0 Å². The van der Waals surface area contributed by atoms with Crippen LogP contribution in [0.25, 0.3) is 6.08 Å². The maximum absolute atomic E-state index is 3.49. The summed E-state index contributed by atoms with van der Waals surface area (Å²) in [4.78, 5) is 1.32. The summed E-state index contributed by atoms with van der Waals surface area (Å²) in [6, 6.07) is 2.71. The highest BCUT2D eigenvalue weighted by molar-refractivity contribution is 9.10. The molecule has 0 radical (unpaired) electrons. The molecule has 16 heavy (non-hydrogen) atoms. The number of nitrogens with one attached hydrogen (secondary N) is 1. The summed E-state index contributed by atoms with van der Waals surface area (Å²) in [5.74, 6) is 0.590. The van der Waals surface area contributed by atoms with Gasteiger partial charge < -0.3 is 5.32 Å². The Hall–Kier alpha value is -0.120. The Kier molecular flexibility index (Phi) is 5.73. The third kappa shape index (κ3) is 4.81. The molecule has 0 spiro atoms. The van der Waals surface area contributed by atoms with Gasteiger partial charge in [0.2, 0.25) is 0 Å². The van der Waals surface area contributed by atoms with Crippen LogP contribution in [-0.4, -0.2) is 12.6 Å². The smallest absolute Gasteiger partial charge is 0.0288 e. The van der Waals surface area contributed by atoms with Gasteiger partial charge in [0.1, 0.15) is 0 Å². The van der Waals surface area contributed by atoms with E-state index in [0.29, 0.717) is 12.0 Å². The first kappa shape index (κ1) is 13.9. The lowest BCUT2D eigenvalue weighted by Gasteiger charge is -2.14. The molecule has 0 aliphatic rings. The first-order valence-corrected chi connectivity index (χ1v) is 7.34. The van der Waals surface area contributed by atoms with Crippen molar-refractivity contribution in [1.82, 2.24) is 5.32 Å². The Morgan fingerprint density at radius 3 is 2.56 bits per heavy atom. The van der Waals surface area contributed by atoms with Crippen LogP contribution < -0.4 is 5.32 Å². The summed E-state index contributed by atoms with van der Waals surface area (Å²) >= 11 is 5.27. The molecule has 0 aliphatic carbocycles. The third-order valence-electron chi connectivity index (χ3n) is 2.37. The molecule has 1 rings (SSSR count). The predicted octanol–water partition coefficient (Wildman–Crippen LogP) is 4.55. The summed E-state index contributed by atoms with van der Waals surface area (Å²) in [6.07, 6.45) is 2.30. The molecule has 0 aliphatic heterocycles. The van der Waals surface area contributed by atoms with E-state index in [1.807, 2.05) is 0 Å². The molecule has 1 aromatic rings. The molecule has 1 aromatic heterocycles. The molecule has 0 saturated heterocycles. The summed E-state index contributed by atoms with van der Waals surface area (Å²) in [7, 11) is 0. The molecule has 1 heterocycles. The van der Waals surface area contributed by atoms with Crippen molar-refractivity contribution in [3.05, 3.63) is 26.4 Å². The SMILES string of the molecule is CC(C)NCC(=Cc1cc(Br)cs1)C(C)C. The Morgan fingerprint density at radius 2 is 2.12 bits per heavy atom. The van der Waals surface area contributed by atoms with Gasteiger partial charge in [-0.25, -0.2) is 0 Å². The van der Waals surface area contributed by atoms with Gasteiger partial charge >= 0.3 is 0 Å². The van der Waals surface area contributed by atoms with Gasteiger partial charge in [-0.15, -0.1) is 11.3 Å². The normalized spacial score (nSPS) is 12.8. The molecule has 0 amide bonds. The minimum Gasteiger partial charge on any atom is -0.311 e. The van der Waals surface area contributed by atoms with Crippen LogP contribution in [0.5, 0.6) is 0 Å². The number of rotatable bonds is 5. The van der Waals surface area contributed by atoms with Crippen molar-refractivity contribution >= 4 is 33.3 Å². The van der Waals surface area contributed by atoms with Crippen LogP contribution in [0.4, 0.5) is 0 Å². The van der Waals surface area contributed by atoms with Gasteiger partial charge in [-0.1, -0.05) is 33.3 Å². The van der Waals surface area contributed by atoms with Gasteiger partial charge in [0, 0.05) is 27.3 Å². The van der Waals surface area contributed by atoms with Crippen molar-refractivity contribution in [1.29, 1.82) is 0 Å². The van der Waals surface area contributed by atoms with Gasteiger partial charge in [0.25, 0.3) is 0 Å². The van der Waals surface area contributed by atoms with Crippen LogP contribution in [-0.2, 0) is 0 Å². The van der Waals surface area contributed by atoms with Gasteiger partial charge in [0.05, 0.1) is 0 Å². The second-order valence-corrected chi connectivity index (χ2v) is 6.44. The molecule has 1 N–H and O–H groups in total. The monoisotopic (exact) mass is 301 g/mol. The van der Waals surface area contributed by atoms with E-state index in [1.54, 1.807) is 11.3 Å². The second kappa shape index (κ2) is 6.58. The number of hydrogen-bond acceptors (Lipinski definition) is 2. The molecule has 0 saturated carbocycles. The molecule has 0 atom stereocenters. The average Bonchev–Trinajstić information content (AvgIpc) is 2.57. The summed E-state index contributed by atoms with van der Waals surface area (Å²) in [5, 5.41) is 5.60. The van der Waals surface area contributed by atoms with Crippen LogP contribution in [0.1, 0.15) is 32.6 Å². The zero-order valence-electron chi connectivity index (χ0n) is 10.4. The Balaban J connectivity index is 2.73. The van der Waals surface area contributed by atoms with Crippen LogP contribution >= 0.6 is 27.3 Å². The van der Waals surface area contributed by atoms with E-state index in [9.17, 15) is 0 Å². The fraction of sp³-hybridized carbons (Fsp3) is 0.538. The van der Waals surface area contributed by atoms with E-state index < -0.39 is 0 Å². The Bertz CT molecular complexity index is 353. The van der Waals surface area contributed by atoms with Crippen molar-refractivity contribution in [3.8, 4) is 0 Å². The lowest BCUT2D eigenvalue weighted by Crippen LogP contribution is -2.26. The van der Waals surface area contributed by atoms with Gasteiger partial charge in [-0.05, 0) is 34.0 Å². The molecular weight excluding hydrogens is 282 g/mol. The molecule has 0 bridgehead atoms. The average molecular weight is 302 g/mol. The molecule has 3 heteroatoms. The zero-order chi connectivity index (χ0) is 12.1. The molecule has 0 aromatic carbocycles. The highest BCUT2D eigenvalue weighted by Gasteiger charge is 2.05. The Morgan fingerprint density at radius 1 is 1.44 bits per heavy atom. The topological polar surface area (TPSA) is 12.0 Å². The number of hydrogen-bond donors (Lipinski definition) is 1. The molecule has 0 unspecified atom stereocenters. The lowest BCUT2D eigenvalue weighted by molar-refractivity contribution is 0.593. The standard InChI is InChI=1S/C13H20BrNS/c1-9(2)11(7-15-10(3)4)5-13-6-12(14)8-16-13/h5-6,8-10,15H,7H2,1-4H3. The van der Waals surface area contributed by atoms with E-state index in [1.165, 1.54) is 14.9 Å². The minimum atomic E-state index is 0.539. The molecule has 90 valence electrons. The van der Waals surface area contributed by atoms with E-state index in [2.05, 4.69) is 66.5 Å². The fourth-order valence-corrected chi connectivity index (χ4v) is 2.74. The minimum absolute atomic E-state index is 0.539. The number of halogens is 1. The highest BCUT2D eigenvalue weighted by atomic mass is 79.9. The van der Waals surface area contributed by atoms with Crippen molar-refractivity contribution in [2.75, 3.05) is 6.54 Å². The summed E-state index contributed by atoms with van der Waals surface area (Å²) < 4.78 is 1.17. The summed E-state index contributed by atoms with van der Waals surface area (Å²) in [6.45, 7) is 9.83. The van der Waals surface area contributed by atoms with Crippen molar-refractivity contribution in [3.63, 3.8) is 0 Å². The second-order valence-electron chi connectivity index (χ2n) is 4.58. The van der Waals surface area contributed by atoms with Gasteiger partial charge in [-0.2, -0.15) is 0 Å². The Labute approximate surface area is 111 Å². The maximum Gasteiger partial charge on any atom is 0.0288 e. The summed E-state index contributed by atoms with van der Waals surface area (Å²) in [5.41, 5.74) is 1.46. The van der Waals surface area contributed by atoms with E-state index in [-0.39, 0.29) is 0 Å². The zero-order valence-corrected chi connectivity index (χ0v) is 12.8. The van der Waals surface area contributed by atoms with Crippen LogP contribution in [0.15, 0.2) is 21.5 Å². The van der Waals surface area contributed by atoms with Crippen molar-refractivity contribution < 1.29 is 0 Å². The first-order valence-electron chi connectivity index (χ1n) is 5.67. The first-order chi connectivity index (χ1) is 7.49. The number of thiophene rings is 1. The highest BCUT2D eigenvalue weighted by Crippen LogP contribution is 2.23. The van der Waals surface area contributed by atoms with E-state index in [4.69, 9.17) is 0 Å². The molecule has 0 fully saturated rings. The maximum atomic E-state index is 3.49. The predicted molar refractivity (Wildman–Crippen MR) is 78.0 cm³/mol. The quantitative estimate of drug-likeness (QED) is 0.841. The van der Waals surface area contributed by atoms with Crippen molar-refractivity contribution in [2.24, 2.45) is 5.92 Å². The largest absolute Gasteiger partial charge is 0.311 e. The molecule has 1 nitrogen and oxygen atoms in total. The van der Waals surface area contributed by atoms with Crippen LogP contribution in [0, 0.1) is 5.92 Å². The van der Waals surface area contributed by atoms with Crippen LogP contribution in [0.3, 0.4) is 0 Å². The van der Waals surface area contributed by atoms with E-state index >= 15 is 0 Å². The fourth-order valence-electron chi connectivity index (χ4n) is 1.33. The van der Waals surface area contributed by atoms with Gasteiger partial charge in [0.15, 0.2) is 0 Å². The van der Waals surface area contributed by atoms with Crippen molar-refractivity contribution in [2.45, 2.75) is 33.7 Å². The third-order valence-corrected chi connectivity index (χ3v) is 4.01. The lowest BCUT2D eigenvalue weighted by atomic mass is 10.0. The van der Waals surface area contributed by atoms with Crippen LogP contribution in [0.2, 0.25) is 0 Å².